The Hall–Kier alpha value is -2.49. The number of pyridine rings is 1. The van der Waals surface area contributed by atoms with Gasteiger partial charge in [-0.1, -0.05) is 30.3 Å². The summed E-state index contributed by atoms with van der Waals surface area (Å²) in [4.78, 5) is 28.3. The summed E-state index contributed by atoms with van der Waals surface area (Å²) in [7, 11) is 0. The Balaban J connectivity index is 1.82. The number of Topliss-reactive ketones (excluding diaryl/α,β-unsaturated/α-hetero) is 1. The molecule has 1 atom stereocenters. The molecule has 1 amide bonds. The third-order valence-corrected chi connectivity index (χ3v) is 3.51. The van der Waals surface area contributed by atoms with Crippen LogP contribution in [0, 0.1) is 6.92 Å². The molecule has 0 fully saturated rings. The average molecular weight is 266 g/mol. The van der Waals surface area contributed by atoms with Gasteiger partial charge in [-0.05, 0) is 24.1 Å². The summed E-state index contributed by atoms with van der Waals surface area (Å²) in [5, 5.41) is 2.77. The van der Waals surface area contributed by atoms with Crippen LogP contribution in [-0.4, -0.2) is 16.7 Å². The molecule has 0 unspecified atom stereocenters. The summed E-state index contributed by atoms with van der Waals surface area (Å²) in [5.41, 5.74) is 2.50. The van der Waals surface area contributed by atoms with E-state index < -0.39 is 5.92 Å². The Morgan fingerprint density at radius 2 is 2.05 bits per heavy atom. The average Bonchev–Trinajstić information content (AvgIpc) is 2.79. The summed E-state index contributed by atoms with van der Waals surface area (Å²) in [6.45, 7) is 1.94. The van der Waals surface area contributed by atoms with Gasteiger partial charge in [0, 0.05) is 18.2 Å². The molecule has 0 aliphatic heterocycles. The van der Waals surface area contributed by atoms with Gasteiger partial charge in [-0.25, -0.2) is 4.98 Å². The fourth-order valence-corrected chi connectivity index (χ4v) is 2.45. The van der Waals surface area contributed by atoms with Crippen molar-refractivity contribution in [2.45, 2.75) is 19.3 Å². The number of benzene rings is 1. The molecule has 3 rings (SSSR count). The van der Waals surface area contributed by atoms with Crippen molar-refractivity contribution in [1.82, 2.24) is 4.98 Å². The van der Waals surface area contributed by atoms with Crippen LogP contribution in [0.3, 0.4) is 0 Å². The fourth-order valence-electron chi connectivity index (χ4n) is 2.45. The smallest absolute Gasteiger partial charge is 0.233 e. The minimum Gasteiger partial charge on any atom is -0.310 e. The second kappa shape index (κ2) is 4.89. The predicted octanol–water partition coefficient (Wildman–Crippen LogP) is 2.70. The molecule has 1 N–H and O–H groups in total. The second-order valence-electron chi connectivity index (χ2n) is 4.98. The number of amides is 1. The maximum Gasteiger partial charge on any atom is 0.233 e. The number of aromatic nitrogens is 1. The number of hydrogen-bond acceptors (Lipinski definition) is 3. The van der Waals surface area contributed by atoms with E-state index in [0.29, 0.717) is 11.4 Å². The van der Waals surface area contributed by atoms with Crippen LogP contribution in [0.15, 0.2) is 42.6 Å². The highest BCUT2D eigenvalue weighted by Crippen LogP contribution is 2.33. The largest absolute Gasteiger partial charge is 0.310 e. The molecule has 1 aromatic heterocycles. The lowest BCUT2D eigenvalue weighted by Crippen LogP contribution is -2.20. The number of aryl methyl sites for hydroxylation is 1. The number of carbonyl (C=O) groups is 2. The number of ketones is 1. The van der Waals surface area contributed by atoms with Gasteiger partial charge in [0.1, 0.15) is 5.82 Å². The Bertz CT molecular complexity index is 677. The van der Waals surface area contributed by atoms with Gasteiger partial charge >= 0.3 is 0 Å². The number of fused-ring (bicyclic) bond motifs is 1. The molecule has 0 radical (unpaired) electrons. The molecule has 4 heteroatoms. The van der Waals surface area contributed by atoms with Crippen molar-refractivity contribution in [2.75, 3.05) is 5.32 Å². The Kier molecular flexibility index (Phi) is 3.06. The van der Waals surface area contributed by atoms with Crippen molar-refractivity contribution in [3.8, 4) is 0 Å². The molecule has 1 aliphatic rings. The van der Waals surface area contributed by atoms with E-state index in [1.807, 2.05) is 31.2 Å². The topological polar surface area (TPSA) is 59.1 Å². The molecular formula is C16H14N2O2. The van der Waals surface area contributed by atoms with E-state index in [2.05, 4.69) is 10.3 Å². The lowest BCUT2D eigenvalue weighted by Gasteiger charge is -2.11. The van der Waals surface area contributed by atoms with Crippen LogP contribution >= 0.6 is 0 Å². The molecule has 4 nitrogen and oxygen atoms in total. The summed E-state index contributed by atoms with van der Waals surface area (Å²) < 4.78 is 0. The maximum atomic E-state index is 12.3. The highest BCUT2D eigenvalue weighted by molar-refractivity contribution is 6.09. The Morgan fingerprint density at radius 1 is 1.25 bits per heavy atom. The minimum absolute atomic E-state index is 0.0256. The van der Waals surface area contributed by atoms with Crippen LogP contribution in [0.2, 0.25) is 0 Å². The van der Waals surface area contributed by atoms with Gasteiger partial charge < -0.3 is 5.32 Å². The zero-order valence-corrected chi connectivity index (χ0v) is 11.1. The van der Waals surface area contributed by atoms with Crippen LogP contribution in [0.5, 0.6) is 0 Å². The van der Waals surface area contributed by atoms with Crippen LogP contribution in [-0.2, 0) is 4.79 Å². The van der Waals surface area contributed by atoms with Crippen LogP contribution < -0.4 is 5.32 Å². The van der Waals surface area contributed by atoms with E-state index in [1.165, 1.54) is 0 Å². The van der Waals surface area contributed by atoms with Gasteiger partial charge in [0.15, 0.2) is 5.78 Å². The third-order valence-electron chi connectivity index (χ3n) is 3.51. The number of hydrogen-bond donors (Lipinski definition) is 1. The zero-order valence-electron chi connectivity index (χ0n) is 11.1. The van der Waals surface area contributed by atoms with Gasteiger partial charge in [-0.2, -0.15) is 0 Å². The molecule has 1 aliphatic carbocycles. The highest BCUT2D eigenvalue weighted by atomic mass is 16.2. The molecule has 0 saturated heterocycles. The predicted molar refractivity (Wildman–Crippen MR) is 75.7 cm³/mol. The van der Waals surface area contributed by atoms with Gasteiger partial charge in [-0.15, -0.1) is 0 Å². The SMILES string of the molecule is Cc1ccc(NC(=O)[C@H]2CC(=O)c3ccccc32)nc1. The highest BCUT2D eigenvalue weighted by Gasteiger charge is 2.33. The molecule has 0 saturated carbocycles. The molecule has 0 bridgehead atoms. The first kappa shape index (κ1) is 12.5. The monoisotopic (exact) mass is 266 g/mol. The van der Waals surface area contributed by atoms with Gasteiger partial charge in [0.25, 0.3) is 0 Å². The van der Waals surface area contributed by atoms with Crippen LogP contribution in [0.1, 0.15) is 33.8 Å². The van der Waals surface area contributed by atoms with Crippen LogP contribution in [0.4, 0.5) is 5.82 Å². The number of nitrogens with one attached hydrogen (secondary N) is 1. The van der Waals surface area contributed by atoms with Gasteiger partial charge in [-0.3, -0.25) is 9.59 Å². The van der Waals surface area contributed by atoms with Crippen molar-refractivity contribution in [2.24, 2.45) is 0 Å². The molecule has 2 aromatic rings. The van der Waals surface area contributed by atoms with Crippen molar-refractivity contribution in [3.05, 3.63) is 59.3 Å². The molecule has 1 aromatic carbocycles. The molecule has 1 heterocycles. The first-order valence-corrected chi connectivity index (χ1v) is 6.51. The first-order chi connectivity index (χ1) is 9.65. The fraction of sp³-hybridized carbons (Fsp3) is 0.188. The summed E-state index contributed by atoms with van der Waals surface area (Å²) >= 11 is 0. The minimum atomic E-state index is -0.415. The second-order valence-corrected chi connectivity index (χ2v) is 4.98. The van der Waals surface area contributed by atoms with E-state index in [0.717, 1.165) is 11.1 Å². The van der Waals surface area contributed by atoms with E-state index in [-0.39, 0.29) is 18.1 Å². The lowest BCUT2D eigenvalue weighted by molar-refractivity contribution is -0.117. The van der Waals surface area contributed by atoms with Gasteiger partial charge in [0.05, 0.1) is 5.92 Å². The zero-order chi connectivity index (χ0) is 14.1. The van der Waals surface area contributed by atoms with Crippen molar-refractivity contribution in [1.29, 1.82) is 0 Å². The Labute approximate surface area is 116 Å². The number of nitrogens with zero attached hydrogens (tertiary/aromatic N) is 1. The summed E-state index contributed by atoms with van der Waals surface area (Å²) in [6, 6.07) is 10.9. The molecule has 100 valence electrons. The summed E-state index contributed by atoms with van der Waals surface area (Å²) in [6.07, 6.45) is 1.93. The maximum absolute atomic E-state index is 12.3. The quantitative estimate of drug-likeness (QED) is 0.909. The number of anilines is 1. The number of carbonyl (C=O) groups excluding carboxylic acids is 2. The third kappa shape index (κ3) is 2.20. The van der Waals surface area contributed by atoms with Crippen molar-refractivity contribution >= 4 is 17.5 Å². The van der Waals surface area contributed by atoms with E-state index in [9.17, 15) is 9.59 Å². The summed E-state index contributed by atoms with van der Waals surface area (Å²) in [5.74, 6) is -0.0588. The molecular weight excluding hydrogens is 252 g/mol. The molecule has 20 heavy (non-hydrogen) atoms. The van der Waals surface area contributed by atoms with E-state index in [1.54, 1.807) is 18.3 Å². The Morgan fingerprint density at radius 3 is 2.80 bits per heavy atom. The molecule has 0 spiro atoms. The van der Waals surface area contributed by atoms with E-state index >= 15 is 0 Å². The van der Waals surface area contributed by atoms with Crippen molar-refractivity contribution < 1.29 is 9.59 Å². The first-order valence-electron chi connectivity index (χ1n) is 6.51. The normalized spacial score (nSPS) is 16.9. The van der Waals surface area contributed by atoms with Crippen molar-refractivity contribution in [3.63, 3.8) is 0 Å². The van der Waals surface area contributed by atoms with E-state index in [4.69, 9.17) is 0 Å². The van der Waals surface area contributed by atoms with Crippen LogP contribution in [0.25, 0.3) is 0 Å². The number of rotatable bonds is 2. The lowest BCUT2D eigenvalue weighted by atomic mass is 10.0. The van der Waals surface area contributed by atoms with Gasteiger partial charge in [0.2, 0.25) is 5.91 Å². The standard InChI is InChI=1S/C16H14N2O2/c1-10-6-7-15(17-9-10)18-16(20)13-8-14(19)12-5-3-2-4-11(12)13/h2-7,9,13H,8H2,1H3,(H,17,18,20)/t13-/m0/s1.